The second kappa shape index (κ2) is 10.8. The summed E-state index contributed by atoms with van der Waals surface area (Å²) in [6, 6.07) is 13.3. The van der Waals surface area contributed by atoms with Gasteiger partial charge in [0.15, 0.2) is 11.5 Å². The highest BCUT2D eigenvalue weighted by Crippen LogP contribution is 2.29. The first-order valence-corrected chi connectivity index (χ1v) is 12.2. The second-order valence-corrected chi connectivity index (χ2v) is 9.56. The van der Waals surface area contributed by atoms with Gasteiger partial charge < -0.3 is 14.4 Å². The number of methoxy groups -OCH3 is 2. The van der Waals surface area contributed by atoms with E-state index in [4.69, 9.17) is 9.47 Å². The lowest BCUT2D eigenvalue weighted by Crippen LogP contribution is -2.46. The number of ether oxygens (including phenoxy) is 2. The van der Waals surface area contributed by atoms with E-state index in [0.29, 0.717) is 18.0 Å². The third kappa shape index (κ3) is 6.35. The zero-order valence-corrected chi connectivity index (χ0v) is 19.5. The molecule has 0 aromatic heterocycles. The molecule has 3 rings (SSSR count). The minimum absolute atomic E-state index is 0.178. The van der Waals surface area contributed by atoms with Crippen LogP contribution in [-0.2, 0) is 10.0 Å². The van der Waals surface area contributed by atoms with Crippen molar-refractivity contribution < 1.29 is 17.9 Å². The number of anilines is 1. The highest BCUT2D eigenvalue weighted by molar-refractivity contribution is 7.89. The predicted molar refractivity (Wildman–Crippen MR) is 124 cm³/mol. The van der Waals surface area contributed by atoms with E-state index in [2.05, 4.69) is 45.7 Å². The van der Waals surface area contributed by atoms with Crippen LogP contribution in [0.25, 0.3) is 0 Å². The highest BCUT2D eigenvalue weighted by atomic mass is 32.2. The molecule has 170 valence electrons. The zero-order chi connectivity index (χ0) is 22.3. The number of sulfonamides is 1. The van der Waals surface area contributed by atoms with Crippen molar-refractivity contribution in [1.82, 2.24) is 9.62 Å². The summed E-state index contributed by atoms with van der Waals surface area (Å²) in [6.45, 7) is 7.64. The molecule has 2 aromatic carbocycles. The smallest absolute Gasteiger partial charge is 0.240 e. The van der Waals surface area contributed by atoms with Gasteiger partial charge in [0.25, 0.3) is 0 Å². The number of benzene rings is 2. The third-order valence-electron chi connectivity index (χ3n) is 5.60. The minimum atomic E-state index is -3.57. The molecule has 31 heavy (non-hydrogen) atoms. The van der Waals surface area contributed by atoms with Crippen LogP contribution in [0.15, 0.2) is 47.4 Å². The van der Waals surface area contributed by atoms with Gasteiger partial charge in [-0.2, -0.15) is 0 Å². The standard InChI is InChI=1S/C23H33N3O4S/c1-19-7-6-8-20(17-19)26-15-13-25(14-16-26)12-5-4-11-24-31(27,28)21-9-10-22(29-2)23(18-21)30-3/h6-10,17-18,24H,4-5,11-16H2,1-3H3. The summed E-state index contributed by atoms with van der Waals surface area (Å²) in [5.74, 6) is 0.902. The van der Waals surface area contributed by atoms with E-state index in [0.717, 1.165) is 45.6 Å². The Kier molecular flexibility index (Phi) is 8.17. The quantitative estimate of drug-likeness (QED) is 0.565. The Labute approximate surface area is 186 Å². The van der Waals surface area contributed by atoms with Gasteiger partial charge in [-0.15, -0.1) is 0 Å². The van der Waals surface area contributed by atoms with Crippen LogP contribution in [-0.4, -0.2) is 66.8 Å². The van der Waals surface area contributed by atoms with Gasteiger partial charge in [-0.3, -0.25) is 4.90 Å². The summed E-state index contributed by atoms with van der Waals surface area (Å²) in [6.07, 6.45) is 1.75. The van der Waals surface area contributed by atoms with Gasteiger partial charge in [0, 0.05) is 44.5 Å². The first kappa shape index (κ1) is 23.4. The number of hydrogen-bond acceptors (Lipinski definition) is 6. The van der Waals surface area contributed by atoms with E-state index < -0.39 is 10.0 Å². The van der Waals surface area contributed by atoms with Crippen LogP contribution in [0.4, 0.5) is 5.69 Å². The van der Waals surface area contributed by atoms with Crippen LogP contribution in [0.3, 0.4) is 0 Å². The van der Waals surface area contributed by atoms with Gasteiger partial charge in [-0.25, -0.2) is 13.1 Å². The summed E-state index contributed by atoms with van der Waals surface area (Å²) in [7, 11) is -0.561. The Morgan fingerprint density at radius 2 is 1.68 bits per heavy atom. The van der Waals surface area contributed by atoms with Crippen molar-refractivity contribution in [3.63, 3.8) is 0 Å². The molecule has 0 saturated carbocycles. The Bertz CT molecular complexity index is 957. The molecule has 2 aromatic rings. The van der Waals surface area contributed by atoms with Gasteiger partial charge in [0.2, 0.25) is 10.0 Å². The van der Waals surface area contributed by atoms with Crippen molar-refractivity contribution in [3.05, 3.63) is 48.0 Å². The maximum atomic E-state index is 12.5. The molecule has 1 aliphatic rings. The molecule has 1 heterocycles. The molecular formula is C23H33N3O4S. The molecule has 0 amide bonds. The van der Waals surface area contributed by atoms with Crippen LogP contribution in [0.1, 0.15) is 18.4 Å². The fraction of sp³-hybridized carbons (Fsp3) is 0.478. The van der Waals surface area contributed by atoms with Crippen LogP contribution >= 0.6 is 0 Å². The molecule has 0 bridgehead atoms. The maximum Gasteiger partial charge on any atom is 0.240 e. The fourth-order valence-electron chi connectivity index (χ4n) is 3.79. The topological polar surface area (TPSA) is 71.1 Å². The van der Waals surface area contributed by atoms with Crippen molar-refractivity contribution in [1.29, 1.82) is 0 Å². The lowest BCUT2D eigenvalue weighted by Gasteiger charge is -2.36. The molecule has 1 aliphatic heterocycles. The number of rotatable bonds is 10. The van der Waals surface area contributed by atoms with Crippen LogP contribution in [0, 0.1) is 6.92 Å². The third-order valence-corrected chi connectivity index (χ3v) is 7.06. The van der Waals surface area contributed by atoms with Gasteiger partial charge >= 0.3 is 0 Å². The van der Waals surface area contributed by atoms with Crippen molar-refractivity contribution in [2.24, 2.45) is 0 Å². The number of hydrogen-bond donors (Lipinski definition) is 1. The summed E-state index contributed by atoms with van der Waals surface area (Å²) in [4.78, 5) is 5.06. The monoisotopic (exact) mass is 447 g/mol. The summed E-state index contributed by atoms with van der Waals surface area (Å²) in [5.41, 5.74) is 2.58. The Hall–Kier alpha value is -2.29. The molecule has 1 saturated heterocycles. The normalized spacial score (nSPS) is 15.1. The number of nitrogens with zero attached hydrogens (tertiary/aromatic N) is 2. The van der Waals surface area contributed by atoms with E-state index in [-0.39, 0.29) is 4.90 Å². The average Bonchev–Trinajstić information content (AvgIpc) is 2.78. The summed E-state index contributed by atoms with van der Waals surface area (Å²) >= 11 is 0. The molecule has 7 nitrogen and oxygen atoms in total. The van der Waals surface area contributed by atoms with Gasteiger partial charge in [0.05, 0.1) is 19.1 Å². The Morgan fingerprint density at radius 3 is 2.35 bits per heavy atom. The molecule has 8 heteroatoms. The van der Waals surface area contributed by atoms with E-state index in [9.17, 15) is 8.42 Å². The zero-order valence-electron chi connectivity index (χ0n) is 18.6. The number of aryl methyl sites for hydroxylation is 1. The van der Waals surface area contributed by atoms with Crippen LogP contribution < -0.4 is 19.1 Å². The van der Waals surface area contributed by atoms with Crippen molar-refractivity contribution >= 4 is 15.7 Å². The number of nitrogens with one attached hydrogen (secondary N) is 1. The number of unbranched alkanes of at least 4 members (excludes halogenated alkanes) is 1. The molecular weight excluding hydrogens is 414 g/mol. The van der Waals surface area contributed by atoms with Gasteiger partial charge in [-0.05, 0) is 56.1 Å². The van der Waals surface area contributed by atoms with E-state index in [1.165, 1.54) is 37.6 Å². The van der Waals surface area contributed by atoms with Gasteiger partial charge in [-0.1, -0.05) is 12.1 Å². The maximum absolute atomic E-state index is 12.5. The van der Waals surface area contributed by atoms with Crippen molar-refractivity contribution in [2.45, 2.75) is 24.7 Å². The first-order valence-electron chi connectivity index (χ1n) is 10.7. The number of piperazine rings is 1. The van der Waals surface area contributed by atoms with Crippen molar-refractivity contribution in [2.75, 3.05) is 58.4 Å². The lowest BCUT2D eigenvalue weighted by atomic mass is 10.2. The molecule has 0 radical (unpaired) electrons. The molecule has 0 unspecified atom stereocenters. The van der Waals surface area contributed by atoms with E-state index in [1.54, 1.807) is 6.07 Å². The van der Waals surface area contributed by atoms with E-state index >= 15 is 0 Å². The average molecular weight is 448 g/mol. The molecule has 1 N–H and O–H groups in total. The van der Waals surface area contributed by atoms with Crippen molar-refractivity contribution in [3.8, 4) is 11.5 Å². The summed E-state index contributed by atoms with van der Waals surface area (Å²) in [5, 5.41) is 0. The van der Waals surface area contributed by atoms with Crippen LogP contribution in [0.2, 0.25) is 0 Å². The molecule has 1 fully saturated rings. The van der Waals surface area contributed by atoms with Crippen LogP contribution in [0.5, 0.6) is 11.5 Å². The fourth-order valence-corrected chi connectivity index (χ4v) is 4.88. The molecule has 0 atom stereocenters. The minimum Gasteiger partial charge on any atom is -0.493 e. The van der Waals surface area contributed by atoms with E-state index in [1.807, 2.05) is 0 Å². The Morgan fingerprint density at radius 1 is 0.935 bits per heavy atom. The summed E-state index contributed by atoms with van der Waals surface area (Å²) < 4.78 is 38.1. The second-order valence-electron chi connectivity index (χ2n) is 7.79. The predicted octanol–water partition coefficient (Wildman–Crippen LogP) is 2.89. The van der Waals surface area contributed by atoms with Gasteiger partial charge in [0.1, 0.15) is 0 Å². The molecule has 0 spiro atoms. The largest absolute Gasteiger partial charge is 0.493 e. The highest BCUT2D eigenvalue weighted by Gasteiger charge is 2.18. The molecule has 0 aliphatic carbocycles. The SMILES string of the molecule is COc1ccc(S(=O)(=O)NCCCCN2CCN(c3cccc(C)c3)CC2)cc1OC. The first-order chi connectivity index (χ1) is 14.9. The Balaban J connectivity index is 1.38. The lowest BCUT2D eigenvalue weighted by molar-refractivity contribution is 0.253.